The van der Waals surface area contributed by atoms with Gasteiger partial charge in [0.15, 0.2) is 0 Å². The fraction of sp³-hybridized carbons (Fsp3) is 1.00. The van der Waals surface area contributed by atoms with Gasteiger partial charge in [-0.05, 0) is 40.7 Å². The zero-order valence-corrected chi connectivity index (χ0v) is 13.2. The minimum Gasteiger partial charge on any atom is -0.379 e. The number of hydrogen-bond donors (Lipinski definition) is 1. The molecule has 0 aliphatic carbocycles. The molecule has 0 saturated heterocycles. The third-order valence-electron chi connectivity index (χ3n) is 1.98. The summed E-state index contributed by atoms with van der Waals surface area (Å²) in [5.41, 5.74) is 0.280. The molecule has 0 bridgehead atoms. The van der Waals surface area contributed by atoms with Gasteiger partial charge in [-0.1, -0.05) is 21.6 Å². The van der Waals surface area contributed by atoms with Crippen molar-refractivity contribution in [2.75, 3.05) is 32.6 Å². The summed E-state index contributed by atoms with van der Waals surface area (Å²) >= 11 is 0. The Hall–Kier alpha value is 0.580. The third kappa shape index (κ3) is 14.5. The predicted molar refractivity (Wildman–Crippen MR) is 79.7 cm³/mol. The van der Waals surface area contributed by atoms with Crippen molar-refractivity contribution >= 4 is 21.6 Å². The number of nitrogens with one attached hydrogen (secondary N) is 1. The molecule has 0 aromatic carbocycles. The Labute approximate surface area is 114 Å². The van der Waals surface area contributed by atoms with Crippen molar-refractivity contribution in [1.82, 2.24) is 5.32 Å². The summed E-state index contributed by atoms with van der Waals surface area (Å²) < 4.78 is 11.2. The smallest absolute Gasteiger partial charge is 0.110 e. The van der Waals surface area contributed by atoms with Gasteiger partial charge in [-0.2, -0.15) is 0 Å². The van der Waals surface area contributed by atoms with Crippen LogP contribution < -0.4 is 5.32 Å². The van der Waals surface area contributed by atoms with Gasteiger partial charge in [-0.15, -0.1) is 0 Å². The van der Waals surface area contributed by atoms with Gasteiger partial charge in [0.25, 0.3) is 0 Å². The molecule has 0 aliphatic rings. The largest absolute Gasteiger partial charge is 0.379 e. The van der Waals surface area contributed by atoms with Crippen molar-refractivity contribution in [1.29, 1.82) is 0 Å². The summed E-state index contributed by atoms with van der Waals surface area (Å²) in [5.74, 6) is 1.12. The maximum absolute atomic E-state index is 5.70. The fourth-order valence-corrected chi connectivity index (χ4v) is 3.10. The van der Waals surface area contributed by atoms with Gasteiger partial charge in [0.2, 0.25) is 0 Å². The molecule has 0 spiro atoms. The van der Waals surface area contributed by atoms with Crippen LogP contribution in [-0.2, 0) is 9.47 Å². The number of rotatable bonds is 12. The van der Waals surface area contributed by atoms with Crippen LogP contribution in [0.1, 0.15) is 33.6 Å². The lowest BCUT2D eigenvalue weighted by Crippen LogP contribution is -2.10. The SMILES string of the molecule is CNCCSSC(C)OCCCCOC(C)C. The van der Waals surface area contributed by atoms with E-state index in [1.807, 2.05) is 28.6 Å². The highest BCUT2D eigenvalue weighted by molar-refractivity contribution is 8.76. The van der Waals surface area contributed by atoms with E-state index in [4.69, 9.17) is 9.47 Å². The number of unbranched alkanes of at least 4 members (excludes halogenated alkanes) is 1. The summed E-state index contributed by atoms with van der Waals surface area (Å²) in [6, 6.07) is 0. The zero-order chi connectivity index (χ0) is 12.9. The molecule has 0 fully saturated rings. The Bertz CT molecular complexity index is 159. The molecule has 0 heterocycles. The van der Waals surface area contributed by atoms with Crippen molar-refractivity contribution in [3.8, 4) is 0 Å². The maximum Gasteiger partial charge on any atom is 0.110 e. The van der Waals surface area contributed by atoms with Crippen LogP contribution in [0, 0.1) is 0 Å². The molecule has 1 unspecified atom stereocenters. The average Bonchev–Trinajstić information content (AvgIpc) is 2.29. The Balaban J connectivity index is 3.13. The van der Waals surface area contributed by atoms with Gasteiger partial charge in [0, 0.05) is 25.5 Å². The van der Waals surface area contributed by atoms with Crippen molar-refractivity contribution in [2.24, 2.45) is 0 Å². The van der Waals surface area contributed by atoms with E-state index in [1.165, 1.54) is 0 Å². The molecule has 0 amide bonds. The van der Waals surface area contributed by atoms with Gasteiger partial charge < -0.3 is 14.8 Å². The molecule has 0 aromatic heterocycles. The molecule has 0 radical (unpaired) electrons. The first-order chi connectivity index (χ1) is 8.16. The highest BCUT2D eigenvalue weighted by atomic mass is 33.1. The second kappa shape index (κ2) is 13.0. The predicted octanol–water partition coefficient (Wildman–Crippen LogP) is 3.16. The van der Waals surface area contributed by atoms with Crippen LogP contribution >= 0.6 is 21.6 Å². The van der Waals surface area contributed by atoms with Gasteiger partial charge in [0.05, 0.1) is 6.10 Å². The van der Waals surface area contributed by atoms with E-state index >= 15 is 0 Å². The van der Waals surface area contributed by atoms with Crippen molar-refractivity contribution < 1.29 is 9.47 Å². The number of ether oxygens (including phenoxy) is 2. The van der Waals surface area contributed by atoms with Gasteiger partial charge in [-0.3, -0.25) is 0 Å². The Morgan fingerprint density at radius 2 is 1.71 bits per heavy atom. The van der Waals surface area contributed by atoms with Crippen LogP contribution in [-0.4, -0.2) is 44.1 Å². The Morgan fingerprint density at radius 3 is 2.29 bits per heavy atom. The van der Waals surface area contributed by atoms with E-state index in [0.717, 1.165) is 38.4 Å². The standard InChI is InChI=1S/C12H27NO2S2/c1-11(2)14-8-5-6-9-15-12(3)17-16-10-7-13-4/h11-13H,5-10H2,1-4H3. The topological polar surface area (TPSA) is 30.5 Å². The first-order valence-corrected chi connectivity index (χ1v) is 8.71. The first kappa shape index (κ1) is 17.6. The lowest BCUT2D eigenvalue weighted by atomic mass is 10.3. The van der Waals surface area contributed by atoms with E-state index < -0.39 is 0 Å². The Morgan fingerprint density at radius 1 is 1.06 bits per heavy atom. The molecule has 1 atom stereocenters. The Kier molecular flexibility index (Phi) is 13.5. The molecular formula is C12H27NO2S2. The molecule has 17 heavy (non-hydrogen) atoms. The molecular weight excluding hydrogens is 254 g/mol. The van der Waals surface area contributed by atoms with E-state index in [0.29, 0.717) is 6.10 Å². The second-order valence-electron chi connectivity index (χ2n) is 4.09. The molecule has 0 rings (SSSR count). The fourth-order valence-electron chi connectivity index (χ4n) is 1.09. The van der Waals surface area contributed by atoms with Crippen molar-refractivity contribution in [2.45, 2.75) is 45.2 Å². The highest BCUT2D eigenvalue weighted by Gasteiger charge is 2.02. The van der Waals surface area contributed by atoms with Crippen LogP contribution in [0.25, 0.3) is 0 Å². The average molecular weight is 281 g/mol. The van der Waals surface area contributed by atoms with Crippen LogP contribution in [0.4, 0.5) is 0 Å². The highest BCUT2D eigenvalue weighted by Crippen LogP contribution is 2.26. The van der Waals surface area contributed by atoms with Gasteiger partial charge in [-0.25, -0.2) is 0 Å². The molecule has 0 saturated carbocycles. The quantitative estimate of drug-likeness (QED) is 0.337. The summed E-state index contributed by atoms with van der Waals surface area (Å²) in [6.45, 7) is 8.98. The van der Waals surface area contributed by atoms with Crippen LogP contribution in [0.5, 0.6) is 0 Å². The van der Waals surface area contributed by atoms with Crippen LogP contribution in [0.15, 0.2) is 0 Å². The number of hydrogen-bond acceptors (Lipinski definition) is 5. The summed E-state index contributed by atoms with van der Waals surface area (Å²) in [4.78, 5) is 0. The molecule has 5 heteroatoms. The van der Waals surface area contributed by atoms with E-state index in [1.54, 1.807) is 0 Å². The molecule has 1 N–H and O–H groups in total. The summed E-state index contributed by atoms with van der Waals surface area (Å²) in [5, 5.41) is 3.13. The van der Waals surface area contributed by atoms with Crippen LogP contribution in [0.3, 0.4) is 0 Å². The van der Waals surface area contributed by atoms with E-state index in [9.17, 15) is 0 Å². The minimum atomic E-state index is 0.280. The zero-order valence-electron chi connectivity index (χ0n) is 11.5. The molecule has 3 nitrogen and oxygen atoms in total. The van der Waals surface area contributed by atoms with Crippen molar-refractivity contribution in [3.63, 3.8) is 0 Å². The molecule has 0 aliphatic heterocycles. The minimum absolute atomic E-state index is 0.280. The van der Waals surface area contributed by atoms with Crippen LogP contribution in [0.2, 0.25) is 0 Å². The first-order valence-electron chi connectivity index (χ1n) is 6.33. The van der Waals surface area contributed by atoms with Gasteiger partial charge >= 0.3 is 0 Å². The van der Waals surface area contributed by atoms with Gasteiger partial charge in [0.1, 0.15) is 5.44 Å². The maximum atomic E-state index is 5.70. The lowest BCUT2D eigenvalue weighted by Gasteiger charge is -2.12. The molecule has 104 valence electrons. The monoisotopic (exact) mass is 281 g/mol. The summed E-state index contributed by atoms with van der Waals surface area (Å²) in [6.07, 6.45) is 2.51. The normalized spacial score (nSPS) is 13.2. The third-order valence-corrected chi connectivity index (χ3v) is 4.62. The molecule has 0 aromatic rings. The second-order valence-corrected chi connectivity index (χ2v) is 6.87. The summed E-state index contributed by atoms with van der Waals surface area (Å²) in [7, 11) is 5.65. The van der Waals surface area contributed by atoms with E-state index in [2.05, 4.69) is 26.1 Å². The van der Waals surface area contributed by atoms with E-state index in [-0.39, 0.29) is 5.44 Å². The lowest BCUT2D eigenvalue weighted by molar-refractivity contribution is 0.0650. The van der Waals surface area contributed by atoms with Crippen molar-refractivity contribution in [3.05, 3.63) is 0 Å².